The molecule has 0 saturated carbocycles. The fraction of sp³-hybridized carbons (Fsp3) is 1.00. The summed E-state index contributed by atoms with van der Waals surface area (Å²) < 4.78 is 0. The molecule has 0 heterocycles. The molecule has 1 atom stereocenters. The van der Waals surface area contributed by atoms with E-state index in [0.29, 0.717) is 0 Å². The third kappa shape index (κ3) is 15.2. The third-order valence-electron chi connectivity index (χ3n) is 5.27. The van der Waals surface area contributed by atoms with Gasteiger partial charge in [0.2, 0.25) is 0 Å². The molecule has 1 nitrogen and oxygen atoms in total. The van der Waals surface area contributed by atoms with Gasteiger partial charge in [-0.2, -0.15) is 0 Å². The molecule has 0 saturated heterocycles. The second-order valence-electron chi connectivity index (χ2n) is 7.60. The predicted octanol–water partition coefficient (Wildman–Crippen LogP) is 7.59. The van der Waals surface area contributed by atoms with Crippen LogP contribution in [0.2, 0.25) is 0 Å². The molecule has 1 unspecified atom stereocenters. The minimum Gasteiger partial charge on any atom is -0.303 e. The lowest BCUT2D eigenvalue weighted by atomic mass is 10.0. The Morgan fingerprint density at radius 2 is 0.957 bits per heavy atom. The summed E-state index contributed by atoms with van der Waals surface area (Å²) >= 11 is 0. The topological polar surface area (TPSA) is 3.24 Å². The van der Waals surface area contributed by atoms with Crippen LogP contribution in [0.5, 0.6) is 0 Å². The molecule has 0 aromatic heterocycles. The summed E-state index contributed by atoms with van der Waals surface area (Å²) in [6.45, 7) is 8.25. The molecule has 0 rings (SSSR count). The van der Waals surface area contributed by atoms with Gasteiger partial charge >= 0.3 is 0 Å². The monoisotopic (exact) mass is 325 g/mol. The summed E-state index contributed by atoms with van der Waals surface area (Å²) in [5.74, 6) is 0. The SMILES string of the molecule is CCCCCCCCCCCN(C)C(CCCC)CCCCC. The Balaban J connectivity index is 3.65. The summed E-state index contributed by atoms with van der Waals surface area (Å²) in [5, 5.41) is 0. The van der Waals surface area contributed by atoms with Gasteiger partial charge in [-0.25, -0.2) is 0 Å². The van der Waals surface area contributed by atoms with Crippen LogP contribution in [0.25, 0.3) is 0 Å². The summed E-state index contributed by atoms with van der Waals surface area (Å²) in [6.07, 6.45) is 22.7. The van der Waals surface area contributed by atoms with Crippen LogP contribution in [0.15, 0.2) is 0 Å². The van der Waals surface area contributed by atoms with Crippen molar-refractivity contribution in [3.05, 3.63) is 0 Å². The van der Waals surface area contributed by atoms with E-state index in [4.69, 9.17) is 0 Å². The second kappa shape index (κ2) is 18.3. The normalized spacial score (nSPS) is 12.9. The highest BCUT2D eigenvalue weighted by atomic mass is 15.1. The number of hydrogen-bond donors (Lipinski definition) is 0. The van der Waals surface area contributed by atoms with Crippen LogP contribution in [0.3, 0.4) is 0 Å². The van der Waals surface area contributed by atoms with E-state index in [-0.39, 0.29) is 0 Å². The fourth-order valence-electron chi connectivity index (χ4n) is 3.51. The zero-order chi connectivity index (χ0) is 17.2. The lowest BCUT2D eigenvalue weighted by Gasteiger charge is -2.28. The summed E-state index contributed by atoms with van der Waals surface area (Å²) in [6, 6.07) is 0.843. The van der Waals surface area contributed by atoms with Gasteiger partial charge in [0.1, 0.15) is 0 Å². The molecule has 0 N–H and O–H groups in total. The molecule has 140 valence electrons. The van der Waals surface area contributed by atoms with Crippen molar-refractivity contribution in [3.8, 4) is 0 Å². The highest BCUT2D eigenvalue weighted by Crippen LogP contribution is 2.16. The summed E-state index contributed by atoms with van der Waals surface area (Å²) in [5.41, 5.74) is 0. The minimum atomic E-state index is 0.843. The maximum atomic E-state index is 2.67. The van der Waals surface area contributed by atoms with Crippen LogP contribution in [0, 0.1) is 0 Å². The van der Waals surface area contributed by atoms with E-state index in [1.165, 1.54) is 109 Å². The number of rotatable bonds is 18. The van der Waals surface area contributed by atoms with Gasteiger partial charge in [-0.05, 0) is 32.9 Å². The average molecular weight is 326 g/mol. The first kappa shape index (κ1) is 23.0. The summed E-state index contributed by atoms with van der Waals surface area (Å²) in [7, 11) is 2.37. The molecule has 0 radical (unpaired) electrons. The van der Waals surface area contributed by atoms with Crippen molar-refractivity contribution in [2.45, 2.75) is 130 Å². The van der Waals surface area contributed by atoms with Crippen LogP contribution in [0.4, 0.5) is 0 Å². The largest absolute Gasteiger partial charge is 0.303 e. The van der Waals surface area contributed by atoms with Crippen LogP contribution < -0.4 is 0 Å². The molecule has 0 bridgehead atoms. The van der Waals surface area contributed by atoms with Crippen molar-refractivity contribution in [2.75, 3.05) is 13.6 Å². The Labute approximate surface area is 148 Å². The molecule has 0 aliphatic carbocycles. The molecule has 0 amide bonds. The average Bonchev–Trinajstić information content (AvgIpc) is 2.56. The van der Waals surface area contributed by atoms with Gasteiger partial charge in [0.05, 0.1) is 0 Å². The Morgan fingerprint density at radius 1 is 0.522 bits per heavy atom. The summed E-state index contributed by atoms with van der Waals surface area (Å²) in [4.78, 5) is 2.67. The Bertz CT molecular complexity index is 214. The van der Waals surface area contributed by atoms with Crippen molar-refractivity contribution < 1.29 is 0 Å². The lowest BCUT2D eigenvalue weighted by Crippen LogP contribution is -2.32. The van der Waals surface area contributed by atoms with E-state index in [9.17, 15) is 0 Å². The molecule has 0 aromatic carbocycles. The molecule has 23 heavy (non-hydrogen) atoms. The van der Waals surface area contributed by atoms with Gasteiger partial charge in [0.25, 0.3) is 0 Å². The van der Waals surface area contributed by atoms with E-state index in [2.05, 4.69) is 32.7 Å². The zero-order valence-corrected chi connectivity index (χ0v) is 17.0. The Morgan fingerprint density at radius 3 is 1.52 bits per heavy atom. The molecule has 0 spiro atoms. The van der Waals surface area contributed by atoms with Crippen LogP contribution >= 0.6 is 0 Å². The van der Waals surface area contributed by atoms with Crippen LogP contribution in [0.1, 0.15) is 124 Å². The molecule has 0 fully saturated rings. The van der Waals surface area contributed by atoms with Gasteiger partial charge in [0, 0.05) is 6.04 Å². The first-order chi connectivity index (χ1) is 11.3. The second-order valence-corrected chi connectivity index (χ2v) is 7.60. The van der Waals surface area contributed by atoms with Crippen molar-refractivity contribution in [3.63, 3.8) is 0 Å². The number of hydrogen-bond acceptors (Lipinski definition) is 1. The maximum Gasteiger partial charge on any atom is 0.00922 e. The molecule has 0 aliphatic heterocycles. The minimum absolute atomic E-state index is 0.843. The standard InChI is InChI=1S/C22H47N/c1-5-8-11-12-13-14-15-16-18-21-23(4)22(19-10-7-3)20-17-9-6-2/h22H,5-21H2,1-4H3. The van der Waals surface area contributed by atoms with E-state index in [1.54, 1.807) is 0 Å². The van der Waals surface area contributed by atoms with Crippen molar-refractivity contribution in [2.24, 2.45) is 0 Å². The first-order valence-electron chi connectivity index (χ1n) is 11.0. The van der Waals surface area contributed by atoms with Crippen molar-refractivity contribution >= 4 is 0 Å². The van der Waals surface area contributed by atoms with Crippen LogP contribution in [-0.2, 0) is 0 Å². The first-order valence-corrected chi connectivity index (χ1v) is 11.0. The smallest absolute Gasteiger partial charge is 0.00922 e. The van der Waals surface area contributed by atoms with Crippen LogP contribution in [-0.4, -0.2) is 24.5 Å². The van der Waals surface area contributed by atoms with Gasteiger partial charge in [-0.1, -0.05) is 104 Å². The molecule has 0 aliphatic rings. The van der Waals surface area contributed by atoms with E-state index < -0.39 is 0 Å². The molecular formula is C22H47N. The molecule has 1 heteroatoms. The third-order valence-corrected chi connectivity index (χ3v) is 5.27. The molecular weight excluding hydrogens is 278 g/mol. The number of nitrogens with zero attached hydrogens (tertiary/aromatic N) is 1. The van der Waals surface area contributed by atoms with E-state index >= 15 is 0 Å². The maximum absolute atomic E-state index is 2.67. The van der Waals surface area contributed by atoms with Crippen molar-refractivity contribution in [1.82, 2.24) is 4.90 Å². The highest BCUT2D eigenvalue weighted by Gasteiger charge is 2.13. The Hall–Kier alpha value is -0.0400. The van der Waals surface area contributed by atoms with Gasteiger partial charge in [-0.3, -0.25) is 0 Å². The van der Waals surface area contributed by atoms with Gasteiger partial charge < -0.3 is 4.90 Å². The zero-order valence-electron chi connectivity index (χ0n) is 17.0. The van der Waals surface area contributed by atoms with E-state index in [0.717, 1.165) is 6.04 Å². The quantitative estimate of drug-likeness (QED) is 0.235. The van der Waals surface area contributed by atoms with Gasteiger partial charge in [-0.15, -0.1) is 0 Å². The predicted molar refractivity (Wildman–Crippen MR) is 107 cm³/mol. The highest BCUT2D eigenvalue weighted by molar-refractivity contribution is 4.69. The fourth-order valence-corrected chi connectivity index (χ4v) is 3.51. The van der Waals surface area contributed by atoms with Gasteiger partial charge in [0.15, 0.2) is 0 Å². The Kier molecular flexibility index (Phi) is 18.3. The van der Waals surface area contributed by atoms with Crippen molar-refractivity contribution in [1.29, 1.82) is 0 Å². The van der Waals surface area contributed by atoms with E-state index in [1.807, 2.05) is 0 Å². The molecule has 0 aromatic rings. The lowest BCUT2D eigenvalue weighted by molar-refractivity contribution is 0.206. The number of unbranched alkanes of at least 4 members (excludes halogenated alkanes) is 11.